The van der Waals surface area contributed by atoms with Gasteiger partial charge in [-0.2, -0.15) is 0 Å². The smallest absolute Gasteiger partial charge is 0.338 e. The molecule has 16 heavy (non-hydrogen) atoms. The Morgan fingerprint density at radius 3 is 2.62 bits per heavy atom. The number of aldehydes is 1. The second kappa shape index (κ2) is 5.30. The lowest BCUT2D eigenvalue weighted by atomic mass is 10.0. The van der Waals surface area contributed by atoms with Crippen molar-refractivity contribution >= 4 is 12.3 Å². The molecule has 1 aromatic rings. The molecule has 0 amide bonds. The fraction of sp³-hybridized carbons (Fsp3) is 0.333. The van der Waals surface area contributed by atoms with E-state index in [2.05, 4.69) is 0 Å². The molecule has 0 aliphatic carbocycles. The van der Waals surface area contributed by atoms with Crippen LogP contribution in [0.3, 0.4) is 0 Å². The van der Waals surface area contributed by atoms with Gasteiger partial charge in [-0.05, 0) is 31.5 Å². The number of ether oxygens (including phenoxy) is 2. The fourth-order valence-electron chi connectivity index (χ4n) is 1.37. The molecular weight excluding hydrogens is 208 g/mol. The minimum absolute atomic E-state index is 0.298. The normalized spacial score (nSPS) is 9.69. The highest BCUT2D eigenvalue weighted by molar-refractivity contribution is 5.94. The molecule has 0 atom stereocenters. The molecule has 0 aliphatic heterocycles. The average molecular weight is 222 g/mol. The van der Waals surface area contributed by atoms with Crippen molar-refractivity contribution in [2.45, 2.75) is 13.8 Å². The van der Waals surface area contributed by atoms with Gasteiger partial charge in [0.15, 0.2) is 0 Å². The summed E-state index contributed by atoms with van der Waals surface area (Å²) in [4.78, 5) is 22.4. The SMILES string of the molecule is CCOC(=O)c1cc(OC)cc(C=O)c1C. The number of rotatable bonds is 4. The number of carbonyl (C=O) groups is 2. The third-order valence-electron chi connectivity index (χ3n) is 2.28. The Hall–Kier alpha value is -1.84. The van der Waals surface area contributed by atoms with Gasteiger partial charge < -0.3 is 9.47 Å². The van der Waals surface area contributed by atoms with E-state index in [9.17, 15) is 9.59 Å². The lowest BCUT2D eigenvalue weighted by Gasteiger charge is -2.09. The minimum Gasteiger partial charge on any atom is -0.497 e. The highest BCUT2D eigenvalue weighted by Crippen LogP contribution is 2.21. The predicted octanol–water partition coefficient (Wildman–Crippen LogP) is 1.99. The lowest BCUT2D eigenvalue weighted by Crippen LogP contribution is -2.08. The van der Waals surface area contributed by atoms with Gasteiger partial charge in [0, 0.05) is 5.56 Å². The first kappa shape index (κ1) is 12.2. The van der Waals surface area contributed by atoms with Crippen molar-refractivity contribution in [3.8, 4) is 5.75 Å². The zero-order chi connectivity index (χ0) is 12.1. The van der Waals surface area contributed by atoms with Gasteiger partial charge in [0.1, 0.15) is 12.0 Å². The molecule has 4 nitrogen and oxygen atoms in total. The van der Waals surface area contributed by atoms with Crippen LogP contribution < -0.4 is 4.74 Å². The summed E-state index contributed by atoms with van der Waals surface area (Å²) in [6.45, 7) is 3.73. The Bertz CT molecular complexity index is 410. The third kappa shape index (κ3) is 2.39. The van der Waals surface area contributed by atoms with Crippen LogP contribution in [0.15, 0.2) is 12.1 Å². The Morgan fingerprint density at radius 2 is 2.12 bits per heavy atom. The first-order valence-corrected chi connectivity index (χ1v) is 4.95. The van der Waals surface area contributed by atoms with Crippen molar-refractivity contribution in [3.05, 3.63) is 28.8 Å². The molecule has 86 valence electrons. The largest absolute Gasteiger partial charge is 0.497 e. The Kier molecular flexibility index (Phi) is 4.05. The Balaban J connectivity index is 3.25. The molecule has 4 heteroatoms. The van der Waals surface area contributed by atoms with Gasteiger partial charge in [-0.25, -0.2) is 4.79 Å². The van der Waals surface area contributed by atoms with Crippen LogP contribution >= 0.6 is 0 Å². The standard InChI is InChI=1S/C12H14O4/c1-4-16-12(14)11-6-10(15-3)5-9(7-13)8(11)2/h5-7H,4H2,1-3H3. The molecule has 0 unspecified atom stereocenters. The first-order chi connectivity index (χ1) is 7.63. The van der Waals surface area contributed by atoms with E-state index in [4.69, 9.17) is 9.47 Å². The van der Waals surface area contributed by atoms with Crippen molar-refractivity contribution in [1.29, 1.82) is 0 Å². The van der Waals surface area contributed by atoms with E-state index in [1.807, 2.05) is 0 Å². The fourth-order valence-corrected chi connectivity index (χ4v) is 1.37. The van der Waals surface area contributed by atoms with E-state index in [-0.39, 0.29) is 0 Å². The maximum atomic E-state index is 11.6. The van der Waals surface area contributed by atoms with E-state index in [1.165, 1.54) is 7.11 Å². The van der Waals surface area contributed by atoms with Crippen LogP contribution in [0, 0.1) is 6.92 Å². The van der Waals surface area contributed by atoms with Gasteiger partial charge in [-0.15, -0.1) is 0 Å². The van der Waals surface area contributed by atoms with E-state index in [1.54, 1.807) is 26.0 Å². The van der Waals surface area contributed by atoms with Crippen LogP contribution in [0.25, 0.3) is 0 Å². The number of methoxy groups -OCH3 is 1. The van der Waals surface area contributed by atoms with Gasteiger partial charge in [-0.1, -0.05) is 0 Å². The molecule has 1 aromatic carbocycles. The average Bonchev–Trinajstić information content (AvgIpc) is 2.29. The Morgan fingerprint density at radius 1 is 1.44 bits per heavy atom. The molecule has 0 spiro atoms. The van der Waals surface area contributed by atoms with Crippen LogP contribution in [-0.4, -0.2) is 26.0 Å². The molecule has 0 bridgehead atoms. The van der Waals surface area contributed by atoms with Crippen molar-refractivity contribution in [2.24, 2.45) is 0 Å². The van der Waals surface area contributed by atoms with Crippen LogP contribution in [-0.2, 0) is 4.74 Å². The van der Waals surface area contributed by atoms with Gasteiger partial charge in [0.2, 0.25) is 0 Å². The number of benzene rings is 1. The summed E-state index contributed by atoms with van der Waals surface area (Å²) in [7, 11) is 1.48. The summed E-state index contributed by atoms with van der Waals surface area (Å²) in [5, 5.41) is 0. The third-order valence-corrected chi connectivity index (χ3v) is 2.28. The molecule has 0 radical (unpaired) electrons. The van der Waals surface area contributed by atoms with E-state index < -0.39 is 5.97 Å². The summed E-state index contributed by atoms with van der Waals surface area (Å²) in [6, 6.07) is 3.16. The number of hydrogen-bond acceptors (Lipinski definition) is 4. The number of esters is 1. The summed E-state index contributed by atoms with van der Waals surface area (Å²) in [6.07, 6.45) is 0.695. The van der Waals surface area contributed by atoms with Gasteiger partial charge in [-0.3, -0.25) is 4.79 Å². The summed E-state index contributed by atoms with van der Waals surface area (Å²) in [5.41, 5.74) is 1.40. The lowest BCUT2D eigenvalue weighted by molar-refractivity contribution is 0.0525. The van der Waals surface area contributed by atoms with Crippen LogP contribution in [0.5, 0.6) is 5.75 Å². The molecule has 0 aromatic heterocycles. The van der Waals surface area contributed by atoms with Crippen molar-refractivity contribution in [3.63, 3.8) is 0 Å². The Labute approximate surface area is 94.2 Å². The topological polar surface area (TPSA) is 52.6 Å². The molecule has 0 fully saturated rings. The zero-order valence-corrected chi connectivity index (χ0v) is 9.57. The molecule has 0 aliphatic rings. The first-order valence-electron chi connectivity index (χ1n) is 4.95. The summed E-state index contributed by atoms with van der Waals surface area (Å²) >= 11 is 0. The zero-order valence-electron chi connectivity index (χ0n) is 9.57. The van der Waals surface area contributed by atoms with Crippen LogP contribution in [0.1, 0.15) is 33.2 Å². The minimum atomic E-state index is -0.443. The molecule has 0 N–H and O–H groups in total. The number of carbonyl (C=O) groups excluding carboxylic acids is 2. The molecule has 0 saturated heterocycles. The molecule has 1 rings (SSSR count). The van der Waals surface area contributed by atoms with Gasteiger partial charge >= 0.3 is 5.97 Å². The summed E-state index contributed by atoms with van der Waals surface area (Å²) in [5.74, 6) is 0.0257. The summed E-state index contributed by atoms with van der Waals surface area (Å²) < 4.78 is 9.91. The molecular formula is C12H14O4. The predicted molar refractivity (Wildman–Crippen MR) is 59.1 cm³/mol. The van der Waals surface area contributed by atoms with E-state index >= 15 is 0 Å². The van der Waals surface area contributed by atoms with E-state index in [0.29, 0.717) is 35.3 Å². The highest BCUT2D eigenvalue weighted by Gasteiger charge is 2.14. The van der Waals surface area contributed by atoms with Crippen LogP contribution in [0.4, 0.5) is 0 Å². The number of hydrogen-bond donors (Lipinski definition) is 0. The monoisotopic (exact) mass is 222 g/mol. The van der Waals surface area contributed by atoms with Gasteiger partial charge in [0.25, 0.3) is 0 Å². The maximum Gasteiger partial charge on any atom is 0.338 e. The molecule has 0 heterocycles. The maximum absolute atomic E-state index is 11.6. The van der Waals surface area contributed by atoms with Crippen LogP contribution in [0.2, 0.25) is 0 Å². The second-order valence-electron chi connectivity index (χ2n) is 3.23. The van der Waals surface area contributed by atoms with E-state index in [0.717, 1.165) is 0 Å². The van der Waals surface area contributed by atoms with Crippen molar-refractivity contribution < 1.29 is 19.1 Å². The van der Waals surface area contributed by atoms with Gasteiger partial charge in [0.05, 0.1) is 19.3 Å². The molecule has 0 saturated carbocycles. The van der Waals surface area contributed by atoms with Crippen molar-refractivity contribution in [2.75, 3.05) is 13.7 Å². The quantitative estimate of drug-likeness (QED) is 0.577. The van der Waals surface area contributed by atoms with Crippen molar-refractivity contribution in [1.82, 2.24) is 0 Å². The highest BCUT2D eigenvalue weighted by atomic mass is 16.5. The second-order valence-corrected chi connectivity index (χ2v) is 3.23.